The van der Waals surface area contributed by atoms with Gasteiger partial charge >= 0.3 is 0 Å². The second-order valence-electron chi connectivity index (χ2n) is 8.75. The lowest BCUT2D eigenvalue weighted by Crippen LogP contribution is -2.36. The van der Waals surface area contributed by atoms with Crippen LogP contribution in [0.25, 0.3) is 0 Å². The molecule has 0 bridgehead atoms. The molecule has 0 saturated carbocycles. The maximum atomic E-state index is 6.09. The van der Waals surface area contributed by atoms with Crippen molar-refractivity contribution >= 4 is 22.3 Å². The molecule has 0 saturated heterocycles. The van der Waals surface area contributed by atoms with Gasteiger partial charge in [0.2, 0.25) is 0 Å². The van der Waals surface area contributed by atoms with Gasteiger partial charge in [0.15, 0.2) is 16.6 Å². The summed E-state index contributed by atoms with van der Waals surface area (Å²) in [5.41, 5.74) is 9.78. The number of aliphatic imine (C=N–C) groups is 1. The molecule has 6 heteroatoms. The lowest BCUT2D eigenvalue weighted by Gasteiger charge is -2.29. The fraction of sp³-hybridized carbons (Fsp3) is 0.875. The van der Waals surface area contributed by atoms with Crippen molar-refractivity contribution in [3.05, 3.63) is 11.3 Å². The number of rotatable bonds is 15. The van der Waals surface area contributed by atoms with E-state index >= 15 is 0 Å². The molecule has 30 heavy (non-hydrogen) atoms. The topological polar surface area (TPSA) is 56.8 Å². The van der Waals surface area contributed by atoms with E-state index < -0.39 is 16.6 Å². The number of hydrogen-bond donors (Lipinski definition) is 1. The molecular weight excluding hydrogens is 404 g/mol. The van der Waals surface area contributed by atoms with Crippen molar-refractivity contribution in [1.29, 1.82) is 0 Å². The van der Waals surface area contributed by atoms with Crippen LogP contribution in [0.3, 0.4) is 0 Å². The molecule has 0 spiro atoms. The average Bonchev–Trinajstić information content (AvgIpc) is 2.73. The van der Waals surface area contributed by atoms with Gasteiger partial charge in [0.05, 0.1) is 0 Å². The Balaban J connectivity index is 0. The fourth-order valence-electron chi connectivity index (χ4n) is 3.34. The Hall–Kier alpha value is -0.436. The molecule has 4 nitrogen and oxygen atoms in total. The maximum absolute atomic E-state index is 6.09. The minimum Gasteiger partial charge on any atom is -0.418 e. The molecule has 0 aliphatic rings. The zero-order valence-corrected chi connectivity index (χ0v) is 24.1. The third-order valence-electron chi connectivity index (χ3n) is 6.03. The van der Waals surface area contributed by atoms with Gasteiger partial charge in [0, 0.05) is 31.2 Å². The van der Waals surface area contributed by atoms with Crippen molar-refractivity contribution < 1.29 is 8.85 Å². The Kier molecular flexibility index (Phi) is 19.2. The standard InChI is InChI=1S/C13H29NOSi.C11H25NOSi/c1-6-12(5)13(14)10-11-16(8-3,9-4)15-7-2;1-6-11(3)12-9-8-10-14(4,5)13-7-2/h6-11,14H2,1-5H3;6-10H2,1-5H3. The first-order valence-electron chi connectivity index (χ1n) is 12.3. The number of hydrogen-bond acceptors (Lipinski definition) is 4. The van der Waals surface area contributed by atoms with E-state index in [4.69, 9.17) is 14.6 Å². The van der Waals surface area contributed by atoms with Crippen LogP contribution in [-0.4, -0.2) is 42.1 Å². The van der Waals surface area contributed by atoms with Crippen LogP contribution in [0.1, 0.15) is 81.1 Å². The van der Waals surface area contributed by atoms with Gasteiger partial charge in [0.25, 0.3) is 0 Å². The summed E-state index contributed by atoms with van der Waals surface area (Å²) >= 11 is 0. The highest BCUT2D eigenvalue weighted by molar-refractivity contribution is 6.73. The molecule has 0 unspecified atom stereocenters. The second-order valence-corrected chi connectivity index (χ2v) is 17.6. The summed E-state index contributed by atoms with van der Waals surface area (Å²) in [6, 6.07) is 4.81. The van der Waals surface area contributed by atoms with Crippen LogP contribution in [0.4, 0.5) is 0 Å². The van der Waals surface area contributed by atoms with Crippen LogP contribution in [0.5, 0.6) is 0 Å². The molecule has 180 valence electrons. The van der Waals surface area contributed by atoms with Crippen molar-refractivity contribution in [2.75, 3.05) is 19.8 Å². The van der Waals surface area contributed by atoms with Crippen molar-refractivity contribution in [3.8, 4) is 0 Å². The first kappa shape index (κ1) is 31.7. The van der Waals surface area contributed by atoms with E-state index in [0.29, 0.717) is 0 Å². The van der Waals surface area contributed by atoms with Gasteiger partial charge in [-0.2, -0.15) is 0 Å². The average molecular weight is 459 g/mol. The molecule has 0 rings (SSSR count). The Bertz CT molecular complexity index is 488. The van der Waals surface area contributed by atoms with E-state index in [0.717, 1.165) is 44.7 Å². The normalized spacial score (nSPS) is 13.6. The van der Waals surface area contributed by atoms with Gasteiger partial charge in [-0.05, 0) is 90.6 Å². The Morgan fingerprint density at radius 2 is 1.40 bits per heavy atom. The van der Waals surface area contributed by atoms with Crippen molar-refractivity contribution in [2.45, 2.75) is 118 Å². The van der Waals surface area contributed by atoms with E-state index in [-0.39, 0.29) is 0 Å². The highest BCUT2D eigenvalue weighted by Gasteiger charge is 2.30. The largest absolute Gasteiger partial charge is 0.418 e. The molecule has 0 amide bonds. The lowest BCUT2D eigenvalue weighted by molar-refractivity contribution is 0.319. The van der Waals surface area contributed by atoms with Gasteiger partial charge in [-0.1, -0.05) is 33.3 Å². The van der Waals surface area contributed by atoms with Crippen LogP contribution in [0, 0.1) is 0 Å². The molecule has 0 aliphatic heterocycles. The highest BCUT2D eigenvalue weighted by atomic mass is 28.4. The van der Waals surface area contributed by atoms with Crippen LogP contribution in [0.2, 0.25) is 37.3 Å². The van der Waals surface area contributed by atoms with Crippen molar-refractivity contribution in [1.82, 2.24) is 0 Å². The van der Waals surface area contributed by atoms with Crippen LogP contribution >= 0.6 is 0 Å². The maximum Gasteiger partial charge on any atom is 0.192 e. The summed E-state index contributed by atoms with van der Waals surface area (Å²) in [5.74, 6) is 0. The molecule has 0 radical (unpaired) electrons. The third kappa shape index (κ3) is 15.4. The van der Waals surface area contributed by atoms with E-state index in [9.17, 15) is 0 Å². The van der Waals surface area contributed by atoms with Gasteiger partial charge in [0.1, 0.15) is 0 Å². The highest BCUT2D eigenvalue weighted by Crippen LogP contribution is 2.25. The number of nitrogens with zero attached hydrogens (tertiary/aromatic N) is 1. The summed E-state index contributed by atoms with van der Waals surface area (Å²) < 4.78 is 11.8. The molecule has 0 aromatic rings. The summed E-state index contributed by atoms with van der Waals surface area (Å²) in [6.07, 6.45) is 4.34. The van der Waals surface area contributed by atoms with Crippen LogP contribution in [0.15, 0.2) is 16.3 Å². The van der Waals surface area contributed by atoms with E-state index in [1.54, 1.807) is 0 Å². The molecule has 0 heterocycles. The van der Waals surface area contributed by atoms with Crippen LogP contribution < -0.4 is 5.73 Å². The minimum atomic E-state index is -1.48. The predicted molar refractivity (Wildman–Crippen MR) is 142 cm³/mol. The summed E-state index contributed by atoms with van der Waals surface area (Å²) in [4.78, 5) is 4.49. The Morgan fingerprint density at radius 3 is 1.83 bits per heavy atom. The molecule has 0 fully saturated rings. The first-order chi connectivity index (χ1) is 14.1. The Morgan fingerprint density at radius 1 is 0.833 bits per heavy atom. The monoisotopic (exact) mass is 458 g/mol. The molecular formula is C24H54N2O2Si2. The zero-order chi connectivity index (χ0) is 23.6. The van der Waals surface area contributed by atoms with Gasteiger partial charge < -0.3 is 14.6 Å². The molecule has 0 aromatic heterocycles. The Labute approximate surface area is 191 Å². The fourth-order valence-corrected chi connectivity index (χ4v) is 8.37. The summed E-state index contributed by atoms with van der Waals surface area (Å²) in [5, 5.41) is 0. The lowest BCUT2D eigenvalue weighted by atomic mass is 10.1. The quantitative estimate of drug-likeness (QED) is 0.157. The molecule has 0 atom stereocenters. The first-order valence-corrected chi connectivity index (χ1v) is 17.9. The minimum absolute atomic E-state index is 0.851. The second kappa shape index (κ2) is 18.2. The summed E-state index contributed by atoms with van der Waals surface area (Å²) in [7, 11) is -2.83. The zero-order valence-electron chi connectivity index (χ0n) is 22.1. The summed E-state index contributed by atoms with van der Waals surface area (Å²) in [6.45, 7) is 24.5. The molecule has 2 N–H and O–H groups in total. The van der Waals surface area contributed by atoms with E-state index in [1.165, 1.54) is 41.9 Å². The van der Waals surface area contributed by atoms with Gasteiger partial charge in [-0.15, -0.1) is 0 Å². The van der Waals surface area contributed by atoms with Crippen molar-refractivity contribution in [2.24, 2.45) is 10.7 Å². The third-order valence-corrected chi connectivity index (χ3v) is 13.3. The van der Waals surface area contributed by atoms with Gasteiger partial charge in [-0.25, -0.2) is 0 Å². The van der Waals surface area contributed by atoms with Crippen LogP contribution in [-0.2, 0) is 8.85 Å². The SMILES string of the molecule is CCO[Si](C)(C)CCCN=C(C)CC.CCO[Si](CC)(CC)CCC(N)=C(C)CC. The molecule has 0 aromatic carbocycles. The van der Waals surface area contributed by atoms with E-state index in [1.807, 2.05) is 0 Å². The van der Waals surface area contributed by atoms with Crippen molar-refractivity contribution in [3.63, 3.8) is 0 Å². The predicted octanol–water partition coefficient (Wildman–Crippen LogP) is 7.53. The van der Waals surface area contributed by atoms with E-state index in [2.05, 4.69) is 73.5 Å². The molecule has 0 aliphatic carbocycles. The smallest absolute Gasteiger partial charge is 0.192 e. The van der Waals surface area contributed by atoms with Gasteiger partial charge in [-0.3, -0.25) is 4.99 Å². The number of nitrogens with two attached hydrogens (primary N) is 1. The number of allylic oxidation sites excluding steroid dienone is 2.